The number of hydrogen-bond donors (Lipinski definition) is 2. The normalized spacial score (nSPS) is 15.1. The summed E-state index contributed by atoms with van der Waals surface area (Å²) in [4.78, 5) is 11.7. The molecule has 3 N–H and O–H groups in total. The molecule has 1 aliphatic rings. The summed E-state index contributed by atoms with van der Waals surface area (Å²) in [5.74, 6) is 0.446. The number of nitrogens with zero attached hydrogens (tertiary/aromatic N) is 1. The summed E-state index contributed by atoms with van der Waals surface area (Å²) >= 11 is 0. The van der Waals surface area contributed by atoms with E-state index in [1.165, 1.54) is 12.8 Å². The van der Waals surface area contributed by atoms with E-state index in [1.807, 2.05) is 6.07 Å². The molecular weight excluding hydrogens is 250 g/mol. The van der Waals surface area contributed by atoms with Gasteiger partial charge in [0.25, 0.3) is 5.91 Å². The number of nitrogens with one attached hydrogen (secondary N) is 1. The van der Waals surface area contributed by atoms with E-state index in [9.17, 15) is 4.79 Å². The van der Waals surface area contributed by atoms with Crippen molar-refractivity contribution in [3.8, 4) is 6.07 Å². The van der Waals surface area contributed by atoms with Crippen molar-refractivity contribution in [3.05, 3.63) is 35.4 Å². The van der Waals surface area contributed by atoms with E-state index in [2.05, 4.69) is 5.32 Å². The van der Waals surface area contributed by atoms with E-state index in [0.717, 1.165) is 0 Å². The first kappa shape index (κ1) is 14.5. The van der Waals surface area contributed by atoms with Crippen LogP contribution >= 0.6 is 12.4 Å². The third-order valence-corrected chi connectivity index (χ3v) is 3.00. The Morgan fingerprint density at radius 2 is 2.06 bits per heavy atom. The van der Waals surface area contributed by atoms with Gasteiger partial charge in [-0.15, -0.1) is 12.4 Å². The summed E-state index contributed by atoms with van der Waals surface area (Å²) in [6.45, 7) is 0.517. The minimum absolute atomic E-state index is 0. The molecule has 0 heterocycles. The number of amides is 1. The van der Waals surface area contributed by atoms with Crippen LogP contribution in [0.4, 0.5) is 0 Å². The Kier molecular flexibility index (Phi) is 5.14. The minimum Gasteiger partial charge on any atom is -0.350 e. The van der Waals surface area contributed by atoms with Gasteiger partial charge in [-0.25, -0.2) is 0 Å². The molecule has 1 atom stereocenters. The first-order valence-corrected chi connectivity index (χ1v) is 5.74. The van der Waals surface area contributed by atoms with Crippen molar-refractivity contribution in [2.45, 2.75) is 18.9 Å². The van der Waals surface area contributed by atoms with Crippen molar-refractivity contribution in [1.82, 2.24) is 5.32 Å². The molecule has 0 saturated heterocycles. The molecule has 4 nitrogen and oxygen atoms in total. The molecule has 2 rings (SSSR count). The zero-order chi connectivity index (χ0) is 12.3. The van der Waals surface area contributed by atoms with Crippen molar-refractivity contribution in [3.63, 3.8) is 0 Å². The van der Waals surface area contributed by atoms with Crippen molar-refractivity contribution < 1.29 is 4.79 Å². The van der Waals surface area contributed by atoms with Gasteiger partial charge in [-0.3, -0.25) is 4.79 Å². The molecule has 1 unspecified atom stereocenters. The lowest BCUT2D eigenvalue weighted by Gasteiger charge is -2.11. The maximum atomic E-state index is 11.7. The van der Waals surface area contributed by atoms with Gasteiger partial charge in [0.15, 0.2) is 0 Å². The highest BCUT2D eigenvalue weighted by molar-refractivity contribution is 5.94. The molecule has 1 aromatic carbocycles. The van der Waals surface area contributed by atoms with Crippen LogP contribution in [0.5, 0.6) is 0 Å². The number of carbonyl (C=O) groups excluding carboxylic acids is 1. The topological polar surface area (TPSA) is 78.9 Å². The molecule has 1 aromatic rings. The first-order valence-electron chi connectivity index (χ1n) is 5.74. The van der Waals surface area contributed by atoms with Gasteiger partial charge in [-0.2, -0.15) is 5.26 Å². The number of carbonyl (C=O) groups is 1. The molecule has 0 aliphatic heterocycles. The van der Waals surface area contributed by atoms with E-state index < -0.39 is 0 Å². The Balaban J connectivity index is 0.00000162. The van der Waals surface area contributed by atoms with E-state index in [1.54, 1.807) is 24.3 Å². The number of nitriles is 1. The Labute approximate surface area is 113 Å². The summed E-state index contributed by atoms with van der Waals surface area (Å²) in [6, 6.07) is 8.65. The van der Waals surface area contributed by atoms with Gasteiger partial charge in [0.1, 0.15) is 0 Å². The fourth-order valence-electron chi connectivity index (χ4n) is 1.70. The average Bonchev–Trinajstić information content (AvgIpc) is 3.20. The average molecular weight is 266 g/mol. The van der Waals surface area contributed by atoms with Crippen molar-refractivity contribution in [1.29, 1.82) is 5.26 Å². The standard InChI is InChI=1S/C13H15N3O.ClH/c14-7-9-1-3-11(4-2-9)13(17)16-8-12(15)10-5-6-10;/h1-4,10,12H,5-6,8,15H2,(H,16,17);1H. The number of benzene rings is 1. The van der Waals surface area contributed by atoms with Crippen LogP contribution in [-0.4, -0.2) is 18.5 Å². The number of rotatable bonds is 4. The quantitative estimate of drug-likeness (QED) is 0.865. The SMILES string of the molecule is Cl.N#Cc1ccc(C(=O)NCC(N)C2CC2)cc1. The molecule has 1 aliphatic carbocycles. The Morgan fingerprint density at radius 3 is 2.56 bits per heavy atom. The van der Waals surface area contributed by atoms with Crippen LogP contribution in [0.1, 0.15) is 28.8 Å². The van der Waals surface area contributed by atoms with Crippen molar-refractivity contribution >= 4 is 18.3 Å². The van der Waals surface area contributed by atoms with Gasteiger partial charge in [0.05, 0.1) is 11.6 Å². The van der Waals surface area contributed by atoms with Gasteiger partial charge in [0.2, 0.25) is 0 Å². The molecule has 18 heavy (non-hydrogen) atoms. The van der Waals surface area contributed by atoms with Gasteiger partial charge in [-0.1, -0.05) is 0 Å². The van der Waals surface area contributed by atoms with Crippen LogP contribution in [0.3, 0.4) is 0 Å². The monoisotopic (exact) mass is 265 g/mol. The smallest absolute Gasteiger partial charge is 0.251 e. The molecule has 0 spiro atoms. The zero-order valence-corrected chi connectivity index (χ0v) is 10.7. The van der Waals surface area contributed by atoms with Gasteiger partial charge in [0, 0.05) is 18.2 Å². The maximum absolute atomic E-state index is 11.7. The molecule has 0 aromatic heterocycles. The Bertz CT molecular complexity index is 448. The fraction of sp³-hybridized carbons (Fsp3) is 0.385. The van der Waals surface area contributed by atoms with Crippen LogP contribution in [0.2, 0.25) is 0 Å². The summed E-state index contributed by atoms with van der Waals surface area (Å²) in [7, 11) is 0. The second-order valence-corrected chi connectivity index (χ2v) is 4.40. The highest BCUT2D eigenvalue weighted by atomic mass is 35.5. The predicted octanol–water partition coefficient (Wildman–Crippen LogP) is 1.45. The number of nitrogens with two attached hydrogens (primary N) is 1. The Morgan fingerprint density at radius 1 is 1.44 bits per heavy atom. The lowest BCUT2D eigenvalue weighted by Crippen LogP contribution is -2.38. The molecule has 0 bridgehead atoms. The zero-order valence-electron chi connectivity index (χ0n) is 9.93. The van der Waals surface area contributed by atoms with Gasteiger partial charge >= 0.3 is 0 Å². The van der Waals surface area contributed by atoms with Crippen LogP contribution in [0.25, 0.3) is 0 Å². The number of hydrogen-bond acceptors (Lipinski definition) is 3. The highest BCUT2D eigenvalue weighted by Crippen LogP contribution is 2.31. The highest BCUT2D eigenvalue weighted by Gasteiger charge is 2.28. The lowest BCUT2D eigenvalue weighted by molar-refractivity contribution is 0.0950. The summed E-state index contributed by atoms with van der Waals surface area (Å²) in [5.41, 5.74) is 7.01. The number of halogens is 1. The third kappa shape index (κ3) is 3.73. The van der Waals surface area contributed by atoms with Crippen molar-refractivity contribution in [2.75, 3.05) is 6.54 Å². The molecule has 1 amide bonds. The van der Waals surface area contributed by atoms with Crippen LogP contribution in [-0.2, 0) is 0 Å². The first-order chi connectivity index (χ1) is 8.20. The van der Waals surface area contributed by atoms with E-state index >= 15 is 0 Å². The molecular formula is C13H16ClN3O. The largest absolute Gasteiger partial charge is 0.350 e. The van der Waals surface area contributed by atoms with Crippen LogP contribution in [0.15, 0.2) is 24.3 Å². The van der Waals surface area contributed by atoms with Crippen molar-refractivity contribution in [2.24, 2.45) is 11.7 Å². The molecule has 1 saturated carbocycles. The predicted molar refractivity (Wildman–Crippen MR) is 71.4 cm³/mol. The summed E-state index contributed by atoms with van der Waals surface area (Å²) in [6.07, 6.45) is 2.35. The second kappa shape index (κ2) is 6.39. The minimum atomic E-state index is -0.134. The summed E-state index contributed by atoms with van der Waals surface area (Å²) < 4.78 is 0. The molecule has 96 valence electrons. The van der Waals surface area contributed by atoms with Crippen LogP contribution < -0.4 is 11.1 Å². The summed E-state index contributed by atoms with van der Waals surface area (Å²) in [5, 5.41) is 11.5. The maximum Gasteiger partial charge on any atom is 0.251 e. The second-order valence-electron chi connectivity index (χ2n) is 4.40. The van der Waals surface area contributed by atoms with Gasteiger partial charge < -0.3 is 11.1 Å². The molecule has 1 fully saturated rings. The van der Waals surface area contributed by atoms with Gasteiger partial charge in [-0.05, 0) is 43.0 Å². The third-order valence-electron chi connectivity index (χ3n) is 3.00. The Hall–Kier alpha value is -1.57. The van der Waals surface area contributed by atoms with E-state index in [4.69, 9.17) is 11.0 Å². The van der Waals surface area contributed by atoms with E-state index in [-0.39, 0.29) is 24.4 Å². The lowest BCUT2D eigenvalue weighted by atomic mass is 10.1. The molecule has 0 radical (unpaired) electrons. The molecule has 5 heteroatoms. The van der Waals surface area contributed by atoms with Crippen LogP contribution in [0, 0.1) is 17.2 Å². The fourth-order valence-corrected chi connectivity index (χ4v) is 1.70. The van der Waals surface area contributed by atoms with E-state index in [0.29, 0.717) is 23.6 Å².